The van der Waals surface area contributed by atoms with Crippen LogP contribution in [0.5, 0.6) is 0 Å². The van der Waals surface area contributed by atoms with Gasteiger partial charge in [-0.25, -0.2) is 0 Å². The Bertz CT molecular complexity index is 2080. The van der Waals surface area contributed by atoms with Gasteiger partial charge in [-0.05, 0) is 0 Å². The summed E-state index contributed by atoms with van der Waals surface area (Å²) in [7, 11) is -1.32. The van der Waals surface area contributed by atoms with Gasteiger partial charge in [-0.1, -0.05) is 0 Å². The number of rotatable bonds is 4. The van der Waals surface area contributed by atoms with E-state index in [1.807, 2.05) is 0 Å². The third kappa shape index (κ3) is 5.23. The van der Waals surface area contributed by atoms with Crippen molar-refractivity contribution in [1.82, 2.24) is 0 Å². The van der Waals surface area contributed by atoms with Crippen LogP contribution in [0.1, 0.15) is 54.6 Å². The zero-order valence-corrected chi connectivity index (χ0v) is 33.8. The molecule has 8 rings (SSSR count). The van der Waals surface area contributed by atoms with E-state index in [0.29, 0.717) is 7.35 Å². The SMILES string of the molecule is CC1=C(c2cccc3ccccc23)c2ccccc2[CH]1[Hf+2]([CH]1C(C)=C(c2cccc3ccccc23)c2ccccc21)=[Ge]([CH3])[CH3].[Cl-].[Cl-]. The fourth-order valence-electron chi connectivity index (χ4n) is 8.28. The van der Waals surface area contributed by atoms with Gasteiger partial charge in [0.2, 0.25) is 0 Å². The van der Waals surface area contributed by atoms with Crippen LogP contribution in [0, 0.1) is 0 Å². The number of benzene rings is 6. The van der Waals surface area contributed by atoms with Gasteiger partial charge in [-0.3, -0.25) is 0 Å². The van der Waals surface area contributed by atoms with Gasteiger partial charge in [-0.15, -0.1) is 0 Å². The van der Waals surface area contributed by atoms with Crippen LogP contribution in [-0.4, -0.2) is 10.1 Å². The van der Waals surface area contributed by atoms with E-state index in [0.717, 1.165) is 0 Å². The molecule has 0 saturated heterocycles. The summed E-state index contributed by atoms with van der Waals surface area (Å²) in [6, 6.07) is 50.6. The zero-order chi connectivity index (χ0) is 29.9. The monoisotopic (exact) mass is 864 g/mol. The smallest absolute Gasteiger partial charge is 1.00 e. The molecule has 0 fully saturated rings. The van der Waals surface area contributed by atoms with Crippen LogP contribution in [0.4, 0.5) is 0 Å². The third-order valence-corrected chi connectivity index (χ3v) is 53.8. The molecule has 0 amide bonds. The molecule has 0 radical (unpaired) electrons. The Hall–Kier alpha value is -2.69. The molecule has 2 unspecified atom stereocenters. The third-order valence-electron chi connectivity index (χ3n) is 10.1. The van der Waals surface area contributed by atoms with Crippen LogP contribution in [0.15, 0.2) is 145 Å². The normalized spacial score (nSPS) is 16.4. The number of fused-ring (bicyclic) bond motifs is 4. The molecule has 0 saturated carbocycles. The summed E-state index contributed by atoms with van der Waals surface area (Å²) < 4.78 is 1.24. The number of hydrogen-bond acceptors (Lipinski definition) is 0. The summed E-state index contributed by atoms with van der Waals surface area (Å²) in [5, 5.41) is 5.40. The first kappa shape index (κ1) is 33.2. The molecule has 6 aromatic rings. The molecule has 0 aliphatic heterocycles. The maximum absolute atomic E-state index is 2.71. The Morgan fingerprint density at radius 3 is 1.22 bits per heavy atom. The molecular weight excluding hydrogens is 826 g/mol. The van der Waals surface area contributed by atoms with Crippen molar-refractivity contribution in [2.24, 2.45) is 0 Å². The topological polar surface area (TPSA) is 0 Å². The minimum Gasteiger partial charge on any atom is -1.00 e. The van der Waals surface area contributed by atoms with Gasteiger partial charge in [-0.2, -0.15) is 0 Å². The van der Waals surface area contributed by atoms with Crippen molar-refractivity contribution in [3.05, 3.63) is 178 Å². The maximum atomic E-state index is 2.71. The van der Waals surface area contributed by atoms with E-state index < -0.39 is 28.4 Å². The summed E-state index contributed by atoms with van der Waals surface area (Å²) in [6.45, 7) is 5.00. The van der Waals surface area contributed by atoms with Crippen LogP contribution < -0.4 is 24.8 Å². The van der Waals surface area contributed by atoms with E-state index in [-0.39, 0.29) is 24.8 Å². The molecule has 0 heterocycles. The van der Waals surface area contributed by atoms with E-state index in [2.05, 4.69) is 159 Å². The van der Waals surface area contributed by atoms with E-state index in [1.165, 1.54) is 54.9 Å². The van der Waals surface area contributed by atoms with Crippen LogP contribution in [0.25, 0.3) is 32.7 Å². The largest absolute Gasteiger partial charge is 1.00 e. The molecule has 0 aromatic heterocycles. The summed E-state index contributed by atoms with van der Waals surface area (Å²) in [4.78, 5) is 0. The van der Waals surface area contributed by atoms with Crippen LogP contribution in [0.2, 0.25) is 11.5 Å². The molecule has 0 bridgehead atoms. The number of halogens is 2. The minimum atomic E-state index is -2.46. The van der Waals surface area contributed by atoms with Gasteiger partial charge < -0.3 is 24.8 Å². The van der Waals surface area contributed by atoms with Crippen molar-refractivity contribution in [2.75, 3.05) is 0 Å². The Morgan fingerprint density at radius 2 is 0.783 bits per heavy atom. The minimum absolute atomic E-state index is 0. The van der Waals surface area contributed by atoms with Gasteiger partial charge in [0.05, 0.1) is 0 Å². The molecule has 6 aromatic carbocycles. The average Bonchev–Trinajstić information content (AvgIpc) is 3.50. The molecule has 4 heteroatoms. The van der Waals surface area contributed by atoms with E-state index >= 15 is 0 Å². The molecule has 226 valence electrons. The predicted octanol–water partition coefficient (Wildman–Crippen LogP) is 5.32. The van der Waals surface area contributed by atoms with Gasteiger partial charge in [0.25, 0.3) is 0 Å². The van der Waals surface area contributed by atoms with Gasteiger partial charge in [0, 0.05) is 0 Å². The molecule has 46 heavy (non-hydrogen) atoms. The Labute approximate surface area is 294 Å². The second-order valence-electron chi connectivity index (χ2n) is 12.7. The quantitative estimate of drug-likeness (QED) is 0.211. The molecule has 2 atom stereocenters. The van der Waals surface area contributed by atoms with Crippen molar-refractivity contribution in [3.8, 4) is 0 Å². The first-order valence-corrected chi connectivity index (χ1v) is 34.5. The Morgan fingerprint density at radius 1 is 0.435 bits per heavy atom. The average molecular weight is 863 g/mol. The molecule has 2 aliphatic carbocycles. The van der Waals surface area contributed by atoms with Gasteiger partial charge in [0.15, 0.2) is 0 Å². The summed E-state index contributed by atoms with van der Waals surface area (Å²) in [5.41, 5.74) is 15.3. The Kier molecular flexibility index (Phi) is 9.70. The van der Waals surface area contributed by atoms with Crippen LogP contribution in [0.3, 0.4) is 0 Å². The van der Waals surface area contributed by atoms with Crippen molar-refractivity contribution in [2.45, 2.75) is 32.7 Å². The number of allylic oxidation sites excluding steroid dienone is 2. The van der Waals surface area contributed by atoms with Crippen molar-refractivity contribution >= 4 is 42.7 Å². The van der Waals surface area contributed by atoms with E-state index in [4.69, 9.17) is 0 Å². The second kappa shape index (κ2) is 13.4. The maximum Gasteiger partial charge on any atom is -1.00 e. The number of hydrogen-bond donors (Lipinski definition) is 0. The Balaban J connectivity index is 0.00000186. The molecular formula is C42H36Cl2GeHf. The van der Waals surface area contributed by atoms with Crippen LogP contribution >= 0.6 is 0 Å². The van der Waals surface area contributed by atoms with E-state index in [1.54, 1.807) is 22.3 Å². The summed E-state index contributed by atoms with van der Waals surface area (Å²) in [6.07, 6.45) is 0. The standard InChI is InChI=1S/2C20H15.C2H6Ge.2ClH.Hf/c2*1-14-13-16-8-3-5-11-18(16)20(14)19-12-6-9-15-7-2-4-10-17(15)19;1-3-2;;;/h2*2-13H,1H3;1-2H3;2*1H;/q;;;;;+2/p-2. The van der Waals surface area contributed by atoms with Crippen molar-refractivity contribution < 1.29 is 43.2 Å². The van der Waals surface area contributed by atoms with Crippen LogP contribution in [-0.2, 0) is 18.3 Å². The van der Waals surface area contributed by atoms with Gasteiger partial charge >= 0.3 is 272 Å². The summed E-state index contributed by atoms with van der Waals surface area (Å²) >= 11 is -2.46. The van der Waals surface area contributed by atoms with Gasteiger partial charge in [0.1, 0.15) is 0 Å². The summed E-state index contributed by atoms with van der Waals surface area (Å²) in [5.74, 6) is 5.42. The molecule has 0 spiro atoms. The fourth-order valence-corrected chi connectivity index (χ4v) is 54.8. The molecule has 2 aliphatic rings. The predicted molar refractivity (Wildman–Crippen MR) is 187 cm³/mol. The zero-order valence-electron chi connectivity index (χ0n) is 26.6. The fraction of sp³-hybridized carbons (Fsp3) is 0.143. The first-order valence-electron chi connectivity index (χ1n) is 15.8. The van der Waals surface area contributed by atoms with Crippen molar-refractivity contribution in [1.29, 1.82) is 0 Å². The molecule has 0 N–H and O–H groups in total. The first-order chi connectivity index (χ1) is 21.5. The second-order valence-corrected chi connectivity index (χ2v) is 52.9. The molecule has 0 nitrogen and oxygen atoms in total. The van der Waals surface area contributed by atoms with Crippen molar-refractivity contribution in [3.63, 3.8) is 0 Å². The van der Waals surface area contributed by atoms with E-state index in [9.17, 15) is 0 Å².